The lowest BCUT2D eigenvalue weighted by Gasteiger charge is -2.27. The topological polar surface area (TPSA) is 18.5 Å². The molecule has 2 nitrogen and oxygen atoms in total. The number of allylic oxidation sites excluding steroid dienone is 1. The zero-order valence-corrected chi connectivity index (χ0v) is 10.8. The van der Waals surface area contributed by atoms with Gasteiger partial charge in [0.05, 0.1) is 18.8 Å². The van der Waals surface area contributed by atoms with Crippen molar-refractivity contribution >= 4 is 0 Å². The largest absolute Gasteiger partial charge is 0.374 e. The Morgan fingerprint density at radius 2 is 2.12 bits per heavy atom. The summed E-state index contributed by atoms with van der Waals surface area (Å²) in [6.45, 7) is 4.04. The SMILES string of the molecule is CCC1(COCC2=C(F)CCCC2)CCCO1. The van der Waals surface area contributed by atoms with E-state index in [4.69, 9.17) is 9.47 Å². The molecule has 1 aliphatic carbocycles. The summed E-state index contributed by atoms with van der Waals surface area (Å²) in [5.41, 5.74) is 0.784. The minimum absolute atomic E-state index is 0.0640. The monoisotopic (exact) mass is 242 g/mol. The maximum Gasteiger partial charge on any atom is 0.101 e. The van der Waals surface area contributed by atoms with E-state index < -0.39 is 0 Å². The Hall–Kier alpha value is -0.410. The molecule has 98 valence electrons. The van der Waals surface area contributed by atoms with Gasteiger partial charge < -0.3 is 9.47 Å². The highest BCUT2D eigenvalue weighted by Gasteiger charge is 2.33. The second-order valence-electron chi connectivity index (χ2n) is 5.20. The average Bonchev–Trinajstić information content (AvgIpc) is 2.81. The van der Waals surface area contributed by atoms with Crippen LogP contribution in [0.1, 0.15) is 51.9 Å². The number of halogens is 1. The highest BCUT2D eigenvalue weighted by Crippen LogP contribution is 2.30. The first kappa shape index (κ1) is 13.0. The number of hydrogen-bond donors (Lipinski definition) is 0. The fraction of sp³-hybridized carbons (Fsp3) is 0.857. The van der Waals surface area contributed by atoms with Gasteiger partial charge in [0.1, 0.15) is 5.83 Å². The van der Waals surface area contributed by atoms with Crippen molar-refractivity contribution in [2.45, 2.75) is 57.5 Å². The van der Waals surface area contributed by atoms with E-state index in [0.29, 0.717) is 19.6 Å². The normalized spacial score (nSPS) is 30.0. The average molecular weight is 242 g/mol. The maximum atomic E-state index is 13.5. The molecule has 17 heavy (non-hydrogen) atoms. The molecule has 0 aromatic heterocycles. The Bertz CT molecular complexity index is 280. The quantitative estimate of drug-likeness (QED) is 0.730. The van der Waals surface area contributed by atoms with E-state index in [1.807, 2.05) is 0 Å². The molecule has 0 bridgehead atoms. The Kier molecular flexibility index (Phi) is 4.57. The van der Waals surface area contributed by atoms with Gasteiger partial charge in [0, 0.05) is 6.61 Å². The Morgan fingerprint density at radius 3 is 2.76 bits per heavy atom. The Labute approximate surface area is 103 Å². The van der Waals surface area contributed by atoms with Crippen molar-refractivity contribution in [3.05, 3.63) is 11.4 Å². The number of hydrogen-bond acceptors (Lipinski definition) is 2. The minimum atomic E-state index is -0.0916. The molecule has 2 rings (SSSR count). The van der Waals surface area contributed by atoms with E-state index in [-0.39, 0.29) is 11.4 Å². The Balaban J connectivity index is 1.78. The van der Waals surface area contributed by atoms with Crippen LogP contribution in [0.2, 0.25) is 0 Å². The molecule has 1 unspecified atom stereocenters. The summed E-state index contributed by atoms with van der Waals surface area (Å²) < 4.78 is 25.0. The molecule has 0 radical (unpaired) electrons. The van der Waals surface area contributed by atoms with Crippen molar-refractivity contribution < 1.29 is 13.9 Å². The zero-order chi connectivity index (χ0) is 12.1. The summed E-state index contributed by atoms with van der Waals surface area (Å²) in [5, 5.41) is 0. The molecule has 0 amide bonds. The van der Waals surface area contributed by atoms with Gasteiger partial charge >= 0.3 is 0 Å². The first-order valence-corrected chi connectivity index (χ1v) is 6.84. The van der Waals surface area contributed by atoms with E-state index in [1.165, 1.54) is 0 Å². The van der Waals surface area contributed by atoms with E-state index >= 15 is 0 Å². The number of rotatable bonds is 5. The van der Waals surface area contributed by atoms with Gasteiger partial charge in [-0.3, -0.25) is 0 Å². The summed E-state index contributed by atoms with van der Waals surface area (Å²) in [5.74, 6) is 0.0640. The maximum absolute atomic E-state index is 13.5. The van der Waals surface area contributed by atoms with Crippen LogP contribution in [-0.2, 0) is 9.47 Å². The molecule has 1 aliphatic heterocycles. The van der Waals surface area contributed by atoms with Gasteiger partial charge in [0.15, 0.2) is 0 Å². The predicted molar refractivity (Wildman–Crippen MR) is 65.6 cm³/mol. The summed E-state index contributed by atoms with van der Waals surface area (Å²) in [6.07, 6.45) is 6.73. The van der Waals surface area contributed by atoms with E-state index in [9.17, 15) is 4.39 Å². The Morgan fingerprint density at radius 1 is 1.29 bits per heavy atom. The summed E-state index contributed by atoms with van der Waals surface area (Å²) in [7, 11) is 0. The van der Waals surface area contributed by atoms with Crippen LogP contribution in [0, 0.1) is 0 Å². The molecule has 1 saturated heterocycles. The van der Waals surface area contributed by atoms with Gasteiger partial charge in [-0.05, 0) is 50.5 Å². The first-order valence-electron chi connectivity index (χ1n) is 6.84. The first-order chi connectivity index (χ1) is 8.26. The summed E-state index contributed by atoms with van der Waals surface area (Å²) >= 11 is 0. The van der Waals surface area contributed by atoms with Gasteiger partial charge in [-0.15, -0.1) is 0 Å². The second-order valence-corrected chi connectivity index (χ2v) is 5.20. The lowest BCUT2D eigenvalue weighted by atomic mass is 9.97. The van der Waals surface area contributed by atoms with Crippen LogP contribution in [0.5, 0.6) is 0 Å². The molecule has 0 N–H and O–H groups in total. The van der Waals surface area contributed by atoms with Crippen molar-refractivity contribution in [3.8, 4) is 0 Å². The van der Waals surface area contributed by atoms with Gasteiger partial charge in [0.25, 0.3) is 0 Å². The second kappa shape index (κ2) is 5.96. The van der Waals surface area contributed by atoms with Crippen molar-refractivity contribution in [3.63, 3.8) is 0 Å². The molecule has 1 heterocycles. The van der Waals surface area contributed by atoms with Crippen LogP contribution in [0.15, 0.2) is 11.4 Å². The summed E-state index contributed by atoms with van der Waals surface area (Å²) in [4.78, 5) is 0. The van der Waals surface area contributed by atoms with Crippen molar-refractivity contribution in [2.24, 2.45) is 0 Å². The van der Waals surface area contributed by atoms with Crippen LogP contribution in [-0.4, -0.2) is 25.4 Å². The fourth-order valence-corrected chi connectivity index (χ4v) is 2.69. The van der Waals surface area contributed by atoms with Gasteiger partial charge in [-0.2, -0.15) is 0 Å². The predicted octanol–water partition coefficient (Wildman–Crippen LogP) is 3.76. The zero-order valence-electron chi connectivity index (χ0n) is 10.8. The van der Waals surface area contributed by atoms with Crippen molar-refractivity contribution in [1.82, 2.24) is 0 Å². The summed E-state index contributed by atoms with van der Waals surface area (Å²) in [6, 6.07) is 0. The van der Waals surface area contributed by atoms with E-state index in [2.05, 4.69) is 6.92 Å². The molecule has 1 fully saturated rings. The van der Waals surface area contributed by atoms with Gasteiger partial charge in [0.2, 0.25) is 0 Å². The molecule has 1 atom stereocenters. The molecule has 0 aromatic rings. The third-order valence-electron chi connectivity index (χ3n) is 3.98. The molecule has 0 spiro atoms. The van der Waals surface area contributed by atoms with E-state index in [0.717, 1.165) is 50.7 Å². The standard InChI is InChI=1S/C14H23FO2/c1-2-14(8-5-9-17-14)11-16-10-12-6-3-4-7-13(12)15/h2-11H2,1H3. The van der Waals surface area contributed by atoms with Crippen molar-refractivity contribution in [1.29, 1.82) is 0 Å². The highest BCUT2D eigenvalue weighted by atomic mass is 19.1. The fourth-order valence-electron chi connectivity index (χ4n) is 2.69. The lowest BCUT2D eigenvalue weighted by Crippen LogP contribution is -2.33. The molecule has 0 aromatic carbocycles. The molecule has 0 saturated carbocycles. The third kappa shape index (κ3) is 3.29. The molecular weight excluding hydrogens is 219 g/mol. The van der Waals surface area contributed by atoms with Crippen LogP contribution in [0.4, 0.5) is 4.39 Å². The van der Waals surface area contributed by atoms with Crippen molar-refractivity contribution in [2.75, 3.05) is 19.8 Å². The lowest BCUT2D eigenvalue weighted by molar-refractivity contribution is -0.0619. The van der Waals surface area contributed by atoms with Crippen LogP contribution < -0.4 is 0 Å². The number of ether oxygens (including phenoxy) is 2. The van der Waals surface area contributed by atoms with Gasteiger partial charge in [-0.1, -0.05) is 6.92 Å². The highest BCUT2D eigenvalue weighted by molar-refractivity contribution is 5.11. The molecular formula is C14H23FO2. The van der Waals surface area contributed by atoms with Crippen LogP contribution in [0.25, 0.3) is 0 Å². The van der Waals surface area contributed by atoms with E-state index in [1.54, 1.807) is 0 Å². The third-order valence-corrected chi connectivity index (χ3v) is 3.98. The molecule has 3 heteroatoms. The molecule has 2 aliphatic rings. The van der Waals surface area contributed by atoms with Crippen LogP contribution >= 0.6 is 0 Å². The van der Waals surface area contributed by atoms with Gasteiger partial charge in [-0.25, -0.2) is 4.39 Å². The minimum Gasteiger partial charge on any atom is -0.374 e. The smallest absolute Gasteiger partial charge is 0.101 e. The van der Waals surface area contributed by atoms with Crippen LogP contribution in [0.3, 0.4) is 0 Å².